The van der Waals surface area contributed by atoms with Gasteiger partial charge in [-0.25, -0.2) is 4.79 Å². The fourth-order valence-corrected chi connectivity index (χ4v) is 4.65. The van der Waals surface area contributed by atoms with Gasteiger partial charge in [-0.1, -0.05) is 6.92 Å². The molecular weight excluding hydrogens is 400 g/mol. The smallest absolute Gasteiger partial charge is 0.341 e. The summed E-state index contributed by atoms with van der Waals surface area (Å²) in [5, 5.41) is 7.89. The van der Waals surface area contributed by atoms with E-state index in [0.717, 1.165) is 42.2 Å². The first kappa shape index (κ1) is 22.4. The first-order chi connectivity index (χ1) is 12.8. The van der Waals surface area contributed by atoms with E-state index in [2.05, 4.69) is 22.2 Å². The molecule has 0 saturated heterocycles. The molecule has 0 fully saturated rings. The van der Waals surface area contributed by atoms with Gasteiger partial charge in [-0.3, -0.25) is 14.4 Å². The number of nitrogens with one attached hydrogen (secondary N) is 1. The van der Waals surface area contributed by atoms with Gasteiger partial charge in [0.25, 0.3) is 5.91 Å². The molecule has 0 radical (unpaired) electrons. The van der Waals surface area contributed by atoms with Crippen LogP contribution in [0.25, 0.3) is 0 Å². The second-order valence-corrected chi connectivity index (χ2v) is 8.09. The predicted octanol–water partition coefficient (Wildman–Crippen LogP) is 3.67. The molecule has 1 amide bonds. The van der Waals surface area contributed by atoms with Gasteiger partial charge >= 0.3 is 5.97 Å². The van der Waals surface area contributed by atoms with Crippen molar-refractivity contribution in [2.45, 2.75) is 46.7 Å². The summed E-state index contributed by atoms with van der Waals surface area (Å²) in [4.78, 5) is 28.8. The Morgan fingerprint density at radius 3 is 2.71 bits per heavy atom. The van der Waals surface area contributed by atoms with Gasteiger partial charge in [0.15, 0.2) is 0 Å². The summed E-state index contributed by atoms with van der Waals surface area (Å²) in [6.45, 7) is 10.6. The Kier molecular flexibility index (Phi) is 7.25. The molecule has 154 valence electrons. The van der Waals surface area contributed by atoms with Gasteiger partial charge in [-0.15, -0.1) is 23.7 Å². The summed E-state index contributed by atoms with van der Waals surface area (Å²) in [5.74, 6) is -0.665. The summed E-state index contributed by atoms with van der Waals surface area (Å²) < 4.78 is 6.70. The Hall–Kier alpha value is -1.90. The molecule has 1 N–H and O–H groups in total. The van der Waals surface area contributed by atoms with Gasteiger partial charge in [0, 0.05) is 24.0 Å². The lowest BCUT2D eigenvalue weighted by atomic mass is 10.0. The Morgan fingerprint density at radius 2 is 2.11 bits per heavy atom. The van der Waals surface area contributed by atoms with Gasteiger partial charge in [-0.2, -0.15) is 5.10 Å². The van der Waals surface area contributed by atoms with Crippen molar-refractivity contribution in [2.75, 3.05) is 25.5 Å². The van der Waals surface area contributed by atoms with Crippen LogP contribution in [-0.4, -0.2) is 46.8 Å². The summed E-state index contributed by atoms with van der Waals surface area (Å²) in [7, 11) is 1.37. The SMILES string of the molecule is CCN1CCc2c(sc(NC(=O)c3cc(C)nn3C(C)C)c2C(=O)OC)C1.Cl. The van der Waals surface area contributed by atoms with Crippen LogP contribution in [-0.2, 0) is 17.7 Å². The molecule has 2 aromatic heterocycles. The lowest BCUT2D eigenvalue weighted by Crippen LogP contribution is -2.30. The van der Waals surface area contributed by atoms with Crippen molar-refractivity contribution >= 4 is 40.6 Å². The molecule has 9 heteroatoms. The standard InChI is InChI=1S/C19H26N4O3S.ClH/c1-6-22-8-7-13-15(10-22)27-18(16(13)19(25)26-5)20-17(24)14-9-12(4)21-23(14)11(2)3;/h9,11H,6-8,10H2,1-5H3,(H,20,24);1H. The number of thiophene rings is 1. The lowest BCUT2D eigenvalue weighted by Gasteiger charge is -2.25. The van der Waals surface area contributed by atoms with Gasteiger partial charge in [0.05, 0.1) is 18.4 Å². The maximum atomic E-state index is 12.9. The molecule has 0 aliphatic carbocycles. The van der Waals surface area contributed by atoms with Crippen LogP contribution in [0.1, 0.15) is 63.8 Å². The molecule has 0 spiro atoms. The molecule has 28 heavy (non-hydrogen) atoms. The Morgan fingerprint density at radius 1 is 1.39 bits per heavy atom. The molecule has 2 aromatic rings. The van der Waals surface area contributed by atoms with Crippen LogP contribution in [0.2, 0.25) is 0 Å². The van der Waals surface area contributed by atoms with Crippen LogP contribution in [0, 0.1) is 6.92 Å². The van der Waals surface area contributed by atoms with Gasteiger partial charge in [0.2, 0.25) is 0 Å². The average molecular weight is 427 g/mol. The normalized spacial score (nSPS) is 13.8. The Labute approximate surface area is 175 Å². The molecule has 3 heterocycles. The van der Waals surface area contributed by atoms with Crippen molar-refractivity contribution < 1.29 is 14.3 Å². The number of aryl methyl sites for hydroxylation is 1. The van der Waals surface area contributed by atoms with Crippen LogP contribution in [0.3, 0.4) is 0 Å². The highest BCUT2D eigenvalue weighted by Crippen LogP contribution is 2.37. The average Bonchev–Trinajstić information content (AvgIpc) is 3.20. The number of hydrogen-bond donors (Lipinski definition) is 1. The van der Waals surface area contributed by atoms with E-state index in [1.54, 1.807) is 10.7 Å². The number of fused-ring (bicyclic) bond motifs is 1. The summed E-state index contributed by atoms with van der Waals surface area (Å²) >= 11 is 1.46. The maximum absolute atomic E-state index is 12.9. The van der Waals surface area contributed by atoms with E-state index in [-0.39, 0.29) is 24.4 Å². The van der Waals surface area contributed by atoms with Crippen LogP contribution in [0.15, 0.2) is 6.07 Å². The lowest BCUT2D eigenvalue weighted by molar-refractivity contribution is 0.0600. The Bertz CT molecular complexity index is 875. The molecular formula is C19H27ClN4O3S. The number of aromatic nitrogens is 2. The number of methoxy groups -OCH3 is 1. The molecule has 0 bridgehead atoms. The van der Waals surface area contributed by atoms with Crippen LogP contribution < -0.4 is 5.32 Å². The number of rotatable bonds is 5. The zero-order valence-electron chi connectivity index (χ0n) is 16.9. The highest BCUT2D eigenvalue weighted by Gasteiger charge is 2.29. The molecule has 0 atom stereocenters. The quantitative estimate of drug-likeness (QED) is 0.738. The molecule has 0 aromatic carbocycles. The monoisotopic (exact) mass is 426 g/mol. The van der Waals surface area contributed by atoms with E-state index in [1.165, 1.54) is 18.4 Å². The molecule has 1 aliphatic heterocycles. The van der Waals surface area contributed by atoms with Crippen molar-refractivity contribution in [3.05, 3.63) is 33.5 Å². The van der Waals surface area contributed by atoms with E-state index in [4.69, 9.17) is 4.74 Å². The second-order valence-electron chi connectivity index (χ2n) is 6.98. The van der Waals surface area contributed by atoms with E-state index in [9.17, 15) is 9.59 Å². The molecule has 0 saturated carbocycles. The zero-order valence-corrected chi connectivity index (χ0v) is 18.5. The van der Waals surface area contributed by atoms with Gasteiger partial charge in [-0.05, 0) is 45.4 Å². The van der Waals surface area contributed by atoms with Crippen molar-refractivity contribution in [3.63, 3.8) is 0 Å². The van der Waals surface area contributed by atoms with Crippen LogP contribution in [0.5, 0.6) is 0 Å². The van der Waals surface area contributed by atoms with E-state index < -0.39 is 5.97 Å². The highest BCUT2D eigenvalue weighted by atomic mass is 35.5. The minimum absolute atomic E-state index is 0. The minimum Gasteiger partial charge on any atom is -0.465 e. The number of anilines is 1. The van der Waals surface area contributed by atoms with Crippen molar-refractivity contribution in [2.24, 2.45) is 0 Å². The summed E-state index contributed by atoms with van der Waals surface area (Å²) in [6.07, 6.45) is 0.781. The number of ether oxygens (including phenoxy) is 1. The third kappa shape index (κ3) is 4.24. The number of nitrogens with zero attached hydrogens (tertiary/aromatic N) is 3. The Balaban J connectivity index is 0.00000280. The number of amides is 1. The van der Waals surface area contributed by atoms with Gasteiger partial charge < -0.3 is 10.1 Å². The van der Waals surface area contributed by atoms with E-state index in [1.807, 2.05) is 20.8 Å². The molecule has 0 unspecified atom stereocenters. The largest absolute Gasteiger partial charge is 0.465 e. The summed E-state index contributed by atoms with van der Waals surface area (Å²) in [6, 6.07) is 1.83. The van der Waals surface area contributed by atoms with Crippen molar-refractivity contribution in [3.8, 4) is 0 Å². The molecule has 7 nitrogen and oxygen atoms in total. The fraction of sp³-hybridized carbons (Fsp3) is 0.526. The minimum atomic E-state index is -0.402. The zero-order chi connectivity index (χ0) is 19.7. The van der Waals surface area contributed by atoms with Crippen molar-refractivity contribution in [1.82, 2.24) is 14.7 Å². The first-order valence-electron chi connectivity index (χ1n) is 9.18. The third-order valence-electron chi connectivity index (χ3n) is 4.78. The van der Waals surface area contributed by atoms with Crippen LogP contribution in [0.4, 0.5) is 5.00 Å². The van der Waals surface area contributed by atoms with Gasteiger partial charge in [0.1, 0.15) is 10.7 Å². The number of hydrogen-bond acceptors (Lipinski definition) is 6. The van der Waals surface area contributed by atoms with E-state index >= 15 is 0 Å². The van der Waals surface area contributed by atoms with Crippen molar-refractivity contribution in [1.29, 1.82) is 0 Å². The summed E-state index contributed by atoms with van der Waals surface area (Å²) in [5.41, 5.74) is 2.76. The van der Waals surface area contributed by atoms with E-state index in [0.29, 0.717) is 16.3 Å². The molecule has 1 aliphatic rings. The number of halogens is 1. The number of carbonyl (C=O) groups excluding carboxylic acids is 2. The number of likely N-dealkylation sites (N-methyl/N-ethyl adjacent to an activating group) is 1. The molecule has 3 rings (SSSR count). The maximum Gasteiger partial charge on any atom is 0.341 e. The topological polar surface area (TPSA) is 76.5 Å². The third-order valence-corrected chi connectivity index (χ3v) is 5.91. The second kappa shape index (κ2) is 9.07. The first-order valence-corrected chi connectivity index (χ1v) is 10.00. The highest BCUT2D eigenvalue weighted by molar-refractivity contribution is 7.17. The predicted molar refractivity (Wildman–Crippen MR) is 113 cm³/mol. The fourth-order valence-electron chi connectivity index (χ4n) is 3.38. The van der Waals surface area contributed by atoms with Crippen LogP contribution >= 0.6 is 23.7 Å². The number of carbonyl (C=O) groups is 2. The number of esters is 1.